The number of amides is 2. The van der Waals surface area contributed by atoms with E-state index in [0.29, 0.717) is 23.1 Å². The van der Waals surface area contributed by atoms with E-state index in [1.807, 2.05) is 74.5 Å². The smallest absolute Gasteiger partial charge is 0.257 e. The number of aromatic nitrogens is 4. The number of methoxy groups -OCH3 is 2. The van der Waals surface area contributed by atoms with Crippen molar-refractivity contribution >= 4 is 34.8 Å². The van der Waals surface area contributed by atoms with Gasteiger partial charge in [-0.15, -0.1) is 0 Å². The molecule has 2 amide bonds. The number of nitrogens with one attached hydrogen (secondary N) is 4. The predicted octanol–water partition coefficient (Wildman–Crippen LogP) is 7.53. The third-order valence-electron chi connectivity index (χ3n) is 8.15. The number of anilines is 4. The summed E-state index contributed by atoms with van der Waals surface area (Å²) in [5.74, 6) is 1.45. The number of carbonyl (C=O) groups excluding carboxylic acids is 2. The Kier molecular flexibility index (Phi) is 13.1. The summed E-state index contributed by atoms with van der Waals surface area (Å²) >= 11 is 0. The fourth-order valence-electron chi connectivity index (χ4n) is 5.69. The van der Waals surface area contributed by atoms with Crippen molar-refractivity contribution in [2.45, 2.75) is 25.9 Å². The second kappa shape index (κ2) is 18.9. The lowest BCUT2D eigenvalue weighted by Gasteiger charge is -2.20. The van der Waals surface area contributed by atoms with Crippen molar-refractivity contribution in [3.63, 3.8) is 0 Å². The molecule has 0 aliphatic carbocycles. The second-order valence-corrected chi connectivity index (χ2v) is 12.7. The Morgan fingerprint density at radius 1 is 0.571 bits per heavy atom. The van der Waals surface area contributed by atoms with Crippen LogP contribution in [0.15, 0.2) is 122 Å². The van der Waals surface area contributed by atoms with Crippen LogP contribution >= 0.6 is 0 Å². The van der Waals surface area contributed by atoms with Crippen LogP contribution in [0.4, 0.5) is 23.0 Å². The normalized spacial score (nSPS) is 11.9. The Hall–Kier alpha value is -6.90. The van der Waals surface area contributed by atoms with Gasteiger partial charge in [0.2, 0.25) is 5.88 Å². The largest absolute Gasteiger partial charge is 0.456 e. The average Bonchev–Trinajstić information content (AvgIpc) is 3.20. The Morgan fingerprint density at radius 3 is 1.61 bits per heavy atom. The van der Waals surface area contributed by atoms with E-state index in [2.05, 4.69) is 41.2 Å². The third-order valence-corrected chi connectivity index (χ3v) is 8.15. The number of rotatable bonds is 17. The lowest BCUT2D eigenvalue weighted by molar-refractivity contribution is 0.0893. The molecule has 4 N–H and O–H groups in total. The molecule has 2 atom stereocenters. The van der Waals surface area contributed by atoms with Crippen LogP contribution in [0.1, 0.15) is 34.6 Å². The Labute approximate surface area is 324 Å². The Balaban J connectivity index is 1.39. The molecule has 6 rings (SSSR count). The minimum absolute atomic E-state index is 0.00160. The second-order valence-electron chi connectivity index (χ2n) is 12.7. The predicted molar refractivity (Wildman–Crippen MR) is 213 cm³/mol. The molecule has 4 aromatic heterocycles. The molecule has 0 aliphatic heterocycles. The molecule has 6 aromatic rings. The number of ether oxygens (including phenoxy) is 4. The summed E-state index contributed by atoms with van der Waals surface area (Å²) in [6, 6.07) is 28.0. The zero-order chi connectivity index (χ0) is 39.3. The number of nitrogens with zero attached hydrogens (tertiary/aromatic N) is 4. The average molecular weight is 755 g/mol. The van der Waals surface area contributed by atoms with Gasteiger partial charge < -0.3 is 40.2 Å². The van der Waals surface area contributed by atoms with Crippen LogP contribution in [0.5, 0.6) is 23.1 Å². The van der Waals surface area contributed by atoms with Crippen molar-refractivity contribution < 1.29 is 28.5 Å². The van der Waals surface area contributed by atoms with Crippen molar-refractivity contribution in [3.8, 4) is 34.4 Å². The number of benzene rings is 2. The highest BCUT2D eigenvalue weighted by atomic mass is 16.5. The Morgan fingerprint density at radius 2 is 1.09 bits per heavy atom. The zero-order valence-electron chi connectivity index (χ0n) is 31.4. The molecule has 4 heterocycles. The summed E-state index contributed by atoms with van der Waals surface area (Å²) in [5, 5.41) is 12.4. The fraction of sp³-hybridized carbons (Fsp3) is 0.190. The highest BCUT2D eigenvalue weighted by Gasteiger charge is 2.29. The maximum Gasteiger partial charge on any atom is 0.257 e. The topological polar surface area (TPSA) is 171 Å². The van der Waals surface area contributed by atoms with Gasteiger partial charge in [-0.3, -0.25) is 14.6 Å². The van der Waals surface area contributed by atoms with Crippen molar-refractivity contribution in [2.24, 2.45) is 0 Å². The first kappa shape index (κ1) is 38.8. The number of hydrogen-bond donors (Lipinski definition) is 4. The molecular weight excluding hydrogens is 713 g/mol. The maximum atomic E-state index is 14.2. The van der Waals surface area contributed by atoms with E-state index < -0.39 is 11.8 Å². The summed E-state index contributed by atoms with van der Waals surface area (Å²) in [6.07, 6.45) is 6.41. The van der Waals surface area contributed by atoms with E-state index in [1.54, 1.807) is 63.0 Å². The van der Waals surface area contributed by atoms with Crippen LogP contribution in [0.3, 0.4) is 0 Å². The van der Waals surface area contributed by atoms with Gasteiger partial charge in [0.25, 0.3) is 11.8 Å². The molecule has 14 heteroatoms. The molecule has 0 radical (unpaired) electrons. The summed E-state index contributed by atoms with van der Waals surface area (Å²) < 4.78 is 23.2. The first-order chi connectivity index (χ1) is 27.3. The SMILES string of the molecule is COCC(C)NC(=O)c1c(Oc2ccc(Nc3ccccn3)cc2)ccnc1-c1ccnc(Oc2ccc(Nc3ccccn3)cc2)c1C(=O)N[C@@H](C)COC. The van der Waals surface area contributed by atoms with E-state index >= 15 is 0 Å². The quantitative estimate of drug-likeness (QED) is 0.0723. The van der Waals surface area contributed by atoms with Crippen molar-refractivity contribution in [1.82, 2.24) is 30.6 Å². The van der Waals surface area contributed by atoms with Gasteiger partial charge in [0.1, 0.15) is 40.0 Å². The molecular formula is C42H42N8O6. The van der Waals surface area contributed by atoms with E-state index in [9.17, 15) is 9.59 Å². The van der Waals surface area contributed by atoms with Gasteiger partial charge in [-0.1, -0.05) is 12.1 Å². The number of carbonyl (C=O) groups is 2. The lowest BCUT2D eigenvalue weighted by atomic mass is 9.99. The van der Waals surface area contributed by atoms with Crippen LogP contribution in [-0.4, -0.2) is 71.3 Å². The maximum absolute atomic E-state index is 14.2. The monoisotopic (exact) mass is 754 g/mol. The molecule has 0 saturated heterocycles. The summed E-state index contributed by atoms with van der Waals surface area (Å²) in [6.45, 7) is 4.14. The fourth-order valence-corrected chi connectivity index (χ4v) is 5.69. The first-order valence-electron chi connectivity index (χ1n) is 17.8. The number of pyridine rings is 4. The van der Waals surface area contributed by atoms with Gasteiger partial charge in [-0.25, -0.2) is 15.0 Å². The lowest BCUT2D eigenvalue weighted by Crippen LogP contribution is -2.37. The third kappa shape index (κ3) is 10.2. The van der Waals surface area contributed by atoms with Gasteiger partial charge in [-0.05, 0) is 98.8 Å². The summed E-state index contributed by atoms with van der Waals surface area (Å²) in [5.41, 5.74) is 2.18. The molecule has 286 valence electrons. The molecule has 1 unspecified atom stereocenters. The van der Waals surface area contributed by atoms with Gasteiger partial charge in [0.15, 0.2) is 0 Å². The molecule has 0 aliphatic rings. The highest BCUT2D eigenvalue weighted by Crippen LogP contribution is 2.37. The zero-order valence-corrected chi connectivity index (χ0v) is 31.4. The van der Waals surface area contributed by atoms with E-state index in [0.717, 1.165) is 11.4 Å². The molecule has 0 saturated carbocycles. The van der Waals surface area contributed by atoms with Crippen LogP contribution in [0.25, 0.3) is 11.3 Å². The van der Waals surface area contributed by atoms with Crippen molar-refractivity contribution in [1.29, 1.82) is 0 Å². The van der Waals surface area contributed by atoms with E-state index in [4.69, 9.17) is 18.9 Å². The van der Waals surface area contributed by atoms with Crippen molar-refractivity contribution in [3.05, 3.63) is 133 Å². The van der Waals surface area contributed by atoms with E-state index in [-0.39, 0.29) is 59.3 Å². The van der Waals surface area contributed by atoms with Crippen LogP contribution in [0.2, 0.25) is 0 Å². The van der Waals surface area contributed by atoms with Gasteiger partial charge in [0.05, 0.1) is 18.9 Å². The molecule has 0 bridgehead atoms. The minimum atomic E-state index is -0.510. The van der Waals surface area contributed by atoms with Crippen LogP contribution in [0, 0.1) is 0 Å². The number of hydrogen-bond acceptors (Lipinski definition) is 12. The first-order valence-corrected chi connectivity index (χ1v) is 17.8. The van der Waals surface area contributed by atoms with Gasteiger partial charge >= 0.3 is 0 Å². The molecule has 14 nitrogen and oxygen atoms in total. The highest BCUT2D eigenvalue weighted by molar-refractivity contribution is 6.08. The standard InChI is InChI=1S/C42H42N8O6/c1-27(25-53-3)47-40(51)37-33(19-23-46-42(37)56-32-17-13-30(14-18-32)50-36-10-6-8-22-44-36)39-38(41(52)48-28(2)26-54-4)34(20-24-45-39)55-31-15-11-29(12-16-31)49-35-9-5-7-21-43-35/h5-24,27-28H,25-26H2,1-4H3,(H,43,49)(H,44,50)(H,47,51)(H,48,52)/t27-,28?/m0/s1. The van der Waals surface area contributed by atoms with Crippen molar-refractivity contribution in [2.75, 3.05) is 38.1 Å². The molecule has 56 heavy (non-hydrogen) atoms. The molecule has 0 fully saturated rings. The summed E-state index contributed by atoms with van der Waals surface area (Å²) in [4.78, 5) is 46.1. The van der Waals surface area contributed by atoms with Gasteiger partial charge in [-0.2, -0.15) is 0 Å². The van der Waals surface area contributed by atoms with Crippen LogP contribution in [-0.2, 0) is 9.47 Å². The molecule has 2 aromatic carbocycles. The minimum Gasteiger partial charge on any atom is -0.456 e. The van der Waals surface area contributed by atoms with Crippen LogP contribution < -0.4 is 30.7 Å². The van der Waals surface area contributed by atoms with Gasteiger partial charge in [0, 0.05) is 68.0 Å². The van der Waals surface area contributed by atoms with E-state index in [1.165, 1.54) is 12.4 Å². The summed E-state index contributed by atoms with van der Waals surface area (Å²) in [7, 11) is 3.10. The Bertz CT molecular complexity index is 2050. The molecule has 0 spiro atoms.